The van der Waals surface area contributed by atoms with Crippen LogP contribution < -0.4 is 10.6 Å². The summed E-state index contributed by atoms with van der Waals surface area (Å²) in [6.07, 6.45) is 5.03. The zero-order valence-electron chi connectivity index (χ0n) is 18.5. The first-order valence-electron chi connectivity index (χ1n) is 11.1. The van der Waals surface area contributed by atoms with E-state index in [4.69, 9.17) is 23.2 Å². The first kappa shape index (κ1) is 22.9. The van der Waals surface area contributed by atoms with Crippen molar-refractivity contribution >= 4 is 63.5 Å². The molecule has 1 fully saturated rings. The summed E-state index contributed by atoms with van der Waals surface area (Å²) in [5.74, 6) is -0.0785. The molecule has 1 amide bonds. The van der Waals surface area contributed by atoms with Crippen molar-refractivity contribution in [2.24, 2.45) is 0 Å². The van der Waals surface area contributed by atoms with Crippen LogP contribution in [0, 0.1) is 0 Å². The summed E-state index contributed by atoms with van der Waals surface area (Å²) in [6, 6.07) is 22.0. The van der Waals surface area contributed by atoms with E-state index in [2.05, 4.69) is 52.6 Å². The van der Waals surface area contributed by atoms with Gasteiger partial charge < -0.3 is 15.2 Å². The van der Waals surface area contributed by atoms with Crippen LogP contribution in [0.2, 0.25) is 10.0 Å². The fourth-order valence-electron chi connectivity index (χ4n) is 4.05. The van der Waals surface area contributed by atoms with E-state index in [1.807, 2.05) is 42.5 Å². The second kappa shape index (κ2) is 9.79. The van der Waals surface area contributed by atoms with Gasteiger partial charge in [0.25, 0.3) is 5.91 Å². The van der Waals surface area contributed by atoms with E-state index in [0.29, 0.717) is 21.5 Å². The fourth-order valence-corrected chi connectivity index (χ4v) is 5.49. The van der Waals surface area contributed by atoms with Gasteiger partial charge in [0.2, 0.25) is 0 Å². The Kier molecular flexibility index (Phi) is 6.59. The Bertz CT molecular complexity index is 1400. The monoisotopic (exact) mass is 507 g/mol. The van der Waals surface area contributed by atoms with E-state index in [1.54, 1.807) is 6.07 Å². The van der Waals surface area contributed by atoms with Gasteiger partial charge in [-0.25, -0.2) is 0 Å². The number of benzene rings is 3. The van der Waals surface area contributed by atoms with Crippen molar-refractivity contribution in [1.82, 2.24) is 9.88 Å². The molecule has 172 valence electrons. The molecule has 3 aromatic carbocycles. The highest BCUT2D eigenvalue weighted by atomic mass is 35.5. The predicted molar refractivity (Wildman–Crippen MR) is 144 cm³/mol. The summed E-state index contributed by atoms with van der Waals surface area (Å²) >= 11 is 14.0. The summed E-state index contributed by atoms with van der Waals surface area (Å²) in [5.41, 5.74) is 5.10. The van der Waals surface area contributed by atoms with Crippen LogP contribution in [-0.4, -0.2) is 16.0 Å². The molecule has 34 heavy (non-hydrogen) atoms. The molecule has 4 nitrogen and oxygen atoms in total. The van der Waals surface area contributed by atoms with Crippen LogP contribution in [-0.2, 0) is 17.8 Å². The standard InChI is InChI=1S/C27H23Cl2N3OS/c1-2-17-7-11-21(12-8-17)30-27-31-26(33)25(34-27)13-19-16-32(24-6-4-3-5-22(19)24)15-18-9-10-20(28)14-23(18)29/h3-14,16,27,30H,2,15H2,1H3,(H,31,33)/b25-13-/t27-/m0/s1. The Morgan fingerprint density at radius 2 is 1.88 bits per heavy atom. The molecule has 0 bridgehead atoms. The highest BCUT2D eigenvalue weighted by Gasteiger charge is 2.27. The quantitative estimate of drug-likeness (QED) is 0.272. The van der Waals surface area contributed by atoms with Crippen molar-refractivity contribution in [3.8, 4) is 0 Å². The number of carbonyl (C=O) groups is 1. The van der Waals surface area contributed by atoms with Gasteiger partial charge in [-0.3, -0.25) is 4.79 Å². The molecule has 2 N–H and O–H groups in total. The van der Waals surface area contributed by atoms with Crippen molar-refractivity contribution in [2.45, 2.75) is 25.4 Å². The molecule has 7 heteroatoms. The number of aromatic nitrogens is 1. The maximum absolute atomic E-state index is 12.7. The SMILES string of the molecule is CCc1ccc(N[C@H]2NC(=O)/C(=C/c3cn(Cc4ccc(Cl)cc4Cl)c4ccccc34)S2)cc1. The second-order valence-corrected chi connectivity index (χ2v) is 10.1. The van der Waals surface area contributed by atoms with Crippen LogP contribution in [0.3, 0.4) is 0 Å². The highest BCUT2D eigenvalue weighted by Crippen LogP contribution is 2.33. The highest BCUT2D eigenvalue weighted by molar-refractivity contribution is 8.05. The van der Waals surface area contributed by atoms with Gasteiger partial charge in [0, 0.05) is 44.9 Å². The number of hydrogen-bond acceptors (Lipinski definition) is 3. The maximum Gasteiger partial charge on any atom is 0.260 e. The van der Waals surface area contributed by atoms with Crippen LogP contribution in [0.5, 0.6) is 0 Å². The number of fused-ring (bicyclic) bond motifs is 1. The Balaban J connectivity index is 1.40. The van der Waals surface area contributed by atoms with E-state index in [1.165, 1.54) is 17.3 Å². The maximum atomic E-state index is 12.7. The summed E-state index contributed by atoms with van der Waals surface area (Å²) in [4.78, 5) is 13.4. The lowest BCUT2D eigenvalue weighted by Gasteiger charge is -2.12. The average molecular weight is 508 g/mol. The molecular weight excluding hydrogens is 485 g/mol. The van der Waals surface area contributed by atoms with E-state index < -0.39 is 0 Å². The van der Waals surface area contributed by atoms with Gasteiger partial charge in [-0.2, -0.15) is 0 Å². The van der Waals surface area contributed by atoms with Crippen molar-refractivity contribution in [3.05, 3.63) is 105 Å². The van der Waals surface area contributed by atoms with Crippen LogP contribution in [0.15, 0.2) is 77.8 Å². The molecule has 2 heterocycles. The minimum atomic E-state index is -0.215. The number of nitrogens with one attached hydrogen (secondary N) is 2. The normalized spacial score (nSPS) is 16.9. The minimum Gasteiger partial charge on any atom is -0.357 e. The Morgan fingerprint density at radius 3 is 2.65 bits per heavy atom. The number of carbonyl (C=O) groups excluding carboxylic acids is 1. The molecule has 0 unspecified atom stereocenters. The molecule has 4 aromatic rings. The largest absolute Gasteiger partial charge is 0.357 e. The van der Waals surface area contributed by atoms with Gasteiger partial charge in [-0.15, -0.1) is 0 Å². The molecule has 1 aromatic heterocycles. The van der Waals surface area contributed by atoms with Gasteiger partial charge in [0.1, 0.15) is 0 Å². The molecule has 1 aliphatic heterocycles. The number of amides is 1. The number of thioether (sulfide) groups is 1. The molecule has 0 aliphatic carbocycles. The van der Waals surface area contributed by atoms with Crippen molar-refractivity contribution in [1.29, 1.82) is 0 Å². The van der Waals surface area contributed by atoms with E-state index in [0.717, 1.165) is 34.1 Å². The Hall–Kier alpha value is -2.86. The number of rotatable bonds is 6. The summed E-state index contributed by atoms with van der Waals surface area (Å²) in [7, 11) is 0. The van der Waals surface area contributed by atoms with Gasteiger partial charge >= 0.3 is 0 Å². The van der Waals surface area contributed by atoms with Crippen LogP contribution in [0.4, 0.5) is 5.69 Å². The lowest BCUT2D eigenvalue weighted by Crippen LogP contribution is -2.30. The number of aryl methyl sites for hydroxylation is 1. The van der Waals surface area contributed by atoms with Crippen LogP contribution >= 0.6 is 35.0 Å². The van der Waals surface area contributed by atoms with E-state index in [-0.39, 0.29) is 11.4 Å². The Labute approximate surface area is 212 Å². The lowest BCUT2D eigenvalue weighted by atomic mass is 10.1. The molecule has 0 radical (unpaired) electrons. The number of anilines is 1. The Morgan fingerprint density at radius 1 is 1.09 bits per heavy atom. The number of hydrogen-bond donors (Lipinski definition) is 2. The first-order valence-corrected chi connectivity index (χ1v) is 12.7. The summed E-state index contributed by atoms with van der Waals surface area (Å²) in [6.45, 7) is 2.74. The van der Waals surface area contributed by atoms with Crippen LogP contribution in [0.1, 0.15) is 23.6 Å². The summed E-state index contributed by atoms with van der Waals surface area (Å²) in [5, 5.41) is 8.74. The third-order valence-corrected chi connectivity index (χ3v) is 7.47. The molecule has 1 saturated heterocycles. The third-order valence-electron chi connectivity index (χ3n) is 5.85. The lowest BCUT2D eigenvalue weighted by molar-refractivity contribution is -0.116. The number of para-hydroxylation sites is 1. The number of nitrogens with zero attached hydrogens (tertiary/aromatic N) is 1. The molecule has 1 aliphatic rings. The first-order chi connectivity index (χ1) is 16.5. The zero-order valence-corrected chi connectivity index (χ0v) is 20.8. The third kappa shape index (κ3) is 4.83. The predicted octanol–water partition coefficient (Wildman–Crippen LogP) is 7.16. The van der Waals surface area contributed by atoms with Crippen LogP contribution in [0.25, 0.3) is 17.0 Å². The van der Waals surface area contributed by atoms with Crippen molar-refractivity contribution < 1.29 is 4.79 Å². The fraction of sp³-hybridized carbons (Fsp3) is 0.148. The molecule has 1 atom stereocenters. The van der Waals surface area contributed by atoms with Crippen molar-refractivity contribution in [2.75, 3.05) is 5.32 Å². The molecule has 0 saturated carbocycles. The molecular formula is C27H23Cl2N3OS. The topological polar surface area (TPSA) is 46.1 Å². The van der Waals surface area contributed by atoms with Gasteiger partial charge in [0.05, 0.1) is 4.91 Å². The van der Waals surface area contributed by atoms with Crippen molar-refractivity contribution in [3.63, 3.8) is 0 Å². The smallest absolute Gasteiger partial charge is 0.260 e. The average Bonchev–Trinajstić information content (AvgIpc) is 3.36. The van der Waals surface area contributed by atoms with E-state index in [9.17, 15) is 4.79 Å². The second-order valence-electron chi connectivity index (χ2n) is 8.14. The number of halogens is 2. The molecule has 5 rings (SSSR count). The van der Waals surface area contributed by atoms with Gasteiger partial charge in [0.15, 0.2) is 5.50 Å². The van der Waals surface area contributed by atoms with E-state index >= 15 is 0 Å². The van der Waals surface area contributed by atoms with Gasteiger partial charge in [-0.1, -0.05) is 78.3 Å². The summed E-state index contributed by atoms with van der Waals surface area (Å²) < 4.78 is 2.15. The zero-order chi connectivity index (χ0) is 23.7. The molecule has 0 spiro atoms. The van der Waals surface area contributed by atoms with Gasteiger partial charge in [-0.05, 0) is 54.0 Å². The minimum absolute atomic E-state index is 0.0785.